The molecule has 3 rings (SSSR count). The molecule has 22 heavy (non-hydrogen) atoms. The monoisotopic (exact) mass is 321 g/mol. The fourth-order valence-corrected chi connectivity index (χ4v) is 2.26. The minimum atomic E-state index is -1.40. The number of anilines is 1. The molecule has 0 radical (unpaired) electrons. The number of halogens is 1. The van der Waals surface area contributed by atoms with Crippen LogP contribution >= 0.6 is 11.6 Å². The smallest absolute Gasteiger partial charge is 0.449 e. The average molecular weight is 322 g/mol. The van der Waals surface area contributed by atoms with Crippen LogP contribution in [0, 0.1) is 0 Å². The van der Waals surface area contributed by atoms with Crippen LogP contribution in [-0.4, -0.2) is 37.6 Å². The summed E-state index contributed by atoms with van der Waals surface area (Å²) >= 11 is 6.18. The van der Waals surface area contributed by atoms with Gasteiger partial charge >= 0.3 is 6.16 Å². The van der Waals surface area contributed by atoms with Gasteiger partial charge in [0.1, 0.15) is 0 Å². The zero-order valence-corrected chi connectivity index (χ0v) is 12.3. The van der Waals surface area contributed by atoms with Crippen molar-refractivity contribution in [3.05, 3.63) is 29.5 Å². The summed E-state index contributed by atoms with van der Waals surface area (Å²) < 4.78 is 5.91. The third-order valence-corrected chi connectivity index (χ3v) is 3.22. The maximum Gasteiger partial charge on any atom is 0.511 e. The van der Waals surface area contributed by atoms with E-state index in [9.17, 15) is 4.79 Å². The fraction of sp³-hybridized carbons (Fsp3) is 0.154. The Bertz CT molecular complexity index is 841. The summed E-state index contributed by atoms with van der Waals surface area (Å²) in [5.74, 6) is 0.541. The lowest BCUT2D eigenvalue weighted by Crippen LogP contribution is -2.02. The van der Waals surface area contributed by atoms with Crippen LogP contribution in [0.3, 0.4) is 0 Å². The van der Waals surface area contributed by atoms with Crippen LogP contribution in [-0.2, 0) is 0 Å². The predicted molar refractivity (Wildman–Crippen MR) is 81.0 cm³/mol. The van der Waals surface area contributed by atoms with Gasteiger partial charge < -0.3 is 20.1 Å². The Labute approximate surface area is 129 Å². The zero-order valence-electron chi connectivity index (χ0n) is 11.5. The fourth-order valence-electron chi connectivity index (χ4n) is 2.03. The van der Waals surface area contributed by atoms with Crippen molar-refractivity contribution in [1.82, 2.24) is 19.7 Å². The number of rotatable bonds is 4. The summed E-state index contributed by atoms with van der Waals surface area (Å²) in [6.45, 7) is 2.72. The minimum Gasteiger partial charge on any atom is -0.449 e. The van der Waals surface area contributed by atoms with Gasteiger partial charge in [-0.05, 0) is 19.1 Å². The molecule has 0 fully saturated rings. The number of ether oxygens (including phenoxy) is 1. The maximum absolute atomic E-state index is 10.5. The SMILES string of the molecule is CCNc1cc2nc(-n3cc(OC(=O)O)cn3)[nH]c2cc1Cl. The highest BCUT2D eigenvalue weighted by Crippen LogP contribution is 2.27. The molecule has 9 heteroatoms. The van der Waals surface area contributed by atoms with Gasteiger partial charge in [0, 0.05) is 6.54 Å². The van der Waals surface area contributed by atoms with Crippen molar-refractivity contribution < 1.29 is 14.6 Å². The molecule has 3 N–H and O–H groups in total. The Morgan fingerprint density at radius 2 is 2.36 bits per heavy atom. The molecule has 114 valence electrons. The molecule has 0 bridgehead atoms. The van der Waals surface area contributed by atoms with Crippen LogP contribution in [0.25, 0.3) is 17.0 Å². The number of benzene rings is 1. The van der Waals surface area contributed by atoms with Crippen molar-refractivity contribution in [3.8, 4) is 11.7 Å². The van der Waals surface area contributed by atoms with E-state index in [4.69, 9.17) is 16.7 Å². The van der Waals surface area contributed by atoms with Crippen LogP contribution in [0.4, 0.5) is 10.5 Å². The number of nitrogens with zero attached hydrogens (tertiary/aromatic N) is 3. The van der Waals surface area contributed by atoms with Gasteiger partial charge in [0.25, 0.3) is 0 Å². The van der Waals surface area contributed by atoms with Crippen molar-refractivity contribution in [2.24, 2.45) is 0 Å². The Morgan fingerprint density at radius 3 is 3.09 bits per heavy atom. The first-order chi connectivity index (χ1) is 10.6. The van der Waals surface area contributed by atoms with Crippen LogP contribution in [0.15, 0.2) is 24.5 Å². The van der Waals surface area contributed by atoms with E-state index in [0.29, 0.717) is 16.5 Å². The number of fused-ring (bicyclic) bond motifs is 1. The number of nitrogens with one attached hydrogen (secondary N) is 2. The molecule has 0 unspecified atom stereocenters. The molecule has 0 aliphatic carbocycles. The normalized spacial score (nSPS) is 10.8. The van der Waals surface area contributed by atoms with Crippen molar-refractivity contribution in [2.45, 2.75) is 6.92 Å². The third-order valence-electron chi connectivity index (χ3n) is 2.91. The summed E-state index contributed by atoms with van der Waals surface area (Å²) in [6, 6.07) is 3.60. The van der Waals surface area contributed by atoms with E-state index in [1.165, 1.54) is 17.1 Å². The predicted octanol–water partition coefficient (Wildman–Crippen LogP) is 2.89. The lowest BCUT2D eigenvalue weighted by atomic mass is 10.2. The highest BCUT2D eigenvalue weighted by Gasteiger charge is 2.11. The van der Waals surface area contributed by atoms with Gasteiger partial charge in [-0.25, -0.2) is 14.5 Å². The summed E-state index contributed by atoms with van der Waals surface area (Å²) in [4.78, 5) is 18.0. The van der Waals surface area contributed by atoms with Crippen molar-refractivity contribution >= 4 is 34.5 Å². The van der Waals surface area contributed by atoms with Gasteiger partial charge in [0.2, 0.25) is 5.95 Å². The summed E-state index contributed by atoms with van der Waals surface area (Å²) in [5, 5.41) is 16.3. The largest absolute Gasteiger partial charge is 0.511 e. The Morgan fingerprint density at radius 1 is 1.55 bits per heavy atom. The van der Waals surface area contributed by atoms with Gasteiger partial charge in [-0.1, -0.05) is 11.6 Å². The number of aromatic nitrogens is 4. The van der Waals surface area contributed by atoms with Crippen LogP contribution in [0.2, 0.25) is 5.02 Å². The molecular weight excluding hydrogens is 310 g/mol. The summed E-state index contributed by atoms with van der Waals surface area (Å²) in [5.41, 5.74) is 2.26. The number of hydrogen-bond acceptors (Lipinski definition) is 5. The number of carbonyl (C=O) groups is 1. The van der Waals surface area contributed by atoms with E-state index < -0.39 is 6.16 Å². The molecule has 0 amide bonds. The highest BCUT2D eigenvalue weighted by molar-refractivity contribution is 6.34. The molecule has 0 saturated carbocycles. The minimum absolute atomic E-state index is 0.110. The molecule has 0 atom stereocenters. The quantitative estimate of drug-likeness (QED) is 0.638. The highest BCUT2D eigenvalue weighted by atomic mass is 35.5. The maximum atomic E-state index is 10.5. The number of H-pyrrole nitrogens is 1. The Balaban J connectivity index is 1.97. The number of carboxylic acid groups (broad SMARTS) is 1. The van der Waals surface area contributed by atoms with E-state index >= 15 is 0 Å². The van der Waals surface area contributed by atoms with Gasteiger partial charge in [0.05, 0.1) is 34.1 Å². The first-order valence-corrected chi connectivity index (χ1v) is 6.83. The Kier molecular flexibility index (Phi) is 3.60. The zero-order chi connectivity index (χ0) is 15.7. The topological polar surface area (TPSA) is 105 Å². The second kappa shape index (κ2) is 5.57. The second-order valence-electron chi connectivity index (χ2n) is 4.43. The lowest BCUT2D eigenvalue weighted by Gasteiger charge is -2.04. The van der Waals surface area contributed by atoms with E-state index in [0.717, 1.165) is 17.7 Å². The first-order valence-electron chi connectivity index (χ1n) is 6.45. The lowest BCUT2D eigenvalue weighted by molar-refractivity contribution is 0.144. The molecule has 3 aromatic rings. The van der Waals surface area contributed by atoms with Crippen LogP contribution < -0.4 is 10.1 Å². The molecule has 0 spiro atoms. The molecular formula is C13H12ClN5O3. The van der Waals surface area contributed by atoms with Crippen LogP contribution in [0.1, 0.15) is 6.92 Å². The average Bonchev–Trinajstić information content (AvgIpc) is 3.05. The van der Waals surface area contributed by atoms with Crippen molar-refractivity contribution in [3.63, 3.8) is 0 Å². The molecule has 2 aromatic heterocycles. The third kappa shape index (κ3) is 2.68. The molecule has 0 saturated heterocycles. The number of aromatic amines is 1. The number of hydrogen-bond donors (Lipinski definition) is 3. The first kappa shape index (κ1) is 14.2. The van der Waals surface area contributed by atoms with E-state index in [1.807, 2.05) is 13.0 Å². The van der Waals surface area contributed by atoms with E-state index in [1.54, 1.807) is 6.07 Å². The van der Waals surface area contributed by atoms with Crippen molar-refractivity contribution in [2.75, 3.05) is 11.9 Å². The van der Waals surface area contributed by atoms with Gasteiger partial charge in [0.15, 0.2) is 5.75 Å². The van der Waals surface area contributed by atoms with Crippen LogP contribution in [0.5, 0.6) is 5.75 Å². The Hall–Kier alpha value is -2.74. The number of imidazole rings is 1. The van der Waals surface area contributed by atoms with Crippen molar-refractivity contribution in [1.29, 1.82) is 0 Å². The molecule has 1 aromatic carbocycles. The molecule has 0 aliphatic heterocycles. The van der Waals surface area contributed by atoms with Gasteiger partial charge in [-0.15, -0.1) is 0 Å². The molecule has 8 nitrogen and oxygen atoms in total. The van der Waals surface area contributed by atoms with Gasteiger partial charge in [-0.3, -0.25) is 0 Å². The standard InChI is InChI=1S/C13H12ClN5O3/c1-2-15-9-4-11-10(3-8(9)14)17-12(18-11)19-6-7(5-16-19)22-13(20)21/h3-6,15H,2H2,1H3,(H,17,18)(H,20,21). The van der Waals surface area contributed by atoms with E-state index in [-0.39, 0.29) is 5.75 Å². The summed E-state index contributed by atoms with van der Waals surface area (Å²) in [7, 11) is 0. The second-order valence-corrected chi connectivity index (χ2v) is 4.84. The van der Waals surface area contributed by atoms with Gasteiger partial charge in [-0.2, -0.15) is 5.10 Å². The summed E-state index contributed by atoms with van der Waals surface area (Å²) in [6.07, 6.45) is 1.31. The van der Waals surface area contributed by atoms with E-state index in [2.05, 4.69) is 25.1 Å². The molecule has 2 heterocycles. The molecule has 0 aliphatic rings.